The molecule has 0 heterocycles. The second-order valence-corrected chi connectivity index (χ2v) is 8.82. The average Bonchev–Trinajstić information content (AvgIpc) is 2.73. The van der Waals surface area contributed by atoms with Gasteiger partial charge in [-0.3, -0.25) is 0 Å². The maximum absolute atomic E-state index is 12.3. The number of unbranched alkanes of at least 4 members (excludes halogenated alkanes) is 1. The fraction of sp³-hybridized carbons (Fsp3) is 0.545. The van der Waals surface area contributed by atoms with Crippen LogP contribution in [0.4, 0.5) is 5.69 Å². The molecule has 0 fully saturated rings. The van der Waals surface area contributed by atoms with Crippen LogP contribution in [0.25, 0.3) is 10.8 Å². The minimum Gasteiger partial charge on any atom is -0.850 e. The van der Waals surface area contributed by atoms with E-state index in [1.165, 1.54) is 6.07 Å². The van der Waals surface area contributed by atoms with Crippen LogP contribution >= 0.6 is 0 Å². The van der Waals surface area contributed by atoms with Crippen LogP contribution < -0.4 is 71.7 Å². The molecule has 2 rings (SSSR count). The Hall–Kier alpha value is 0.0422. The van der Waals surface area contributed by atoms with Gasteiger partial charge in [0.15, 0.2) is 0 Å². The first-order valence-corrected chi connectivity index (χ1v) is 11.8. The molecule has 2 aromatic rings. The van der Waals surface area contributed by atoms with Gasteiger partial charge in [-0.25, -0.2) is 8.42 Å². The molecule has 12 heteroatoms. The van der Waals surface area contributed by atoms with Gasteiger partial charge >= 0.3 is 56.6 Å². The molecule has 0 radical (unpaired) electrons. The van der Waals surface area contributed by atoms with Crippen LogP contribution in [0.1, 0.15) is 26.2 Å². The van der Waals surface area contributed by atoms with Crippen molar-refractivity contribution in [3.63, 3.8) is 0 Å². The van der Waals surface area contributed by atoms with Crippen LogP contribution in [0, 0.1) is 0 Å². The normalized spacial score (nSPS) is 12.7. The zero-order valence-corrected chi connectivity index (χ0v) is 21.8. The molecule has 0 spiro atoms. The Labute approximate surface area is 239 Å². The van der Waals surface area contributed by atoms with E-state index in [0.29, 0.717) is 36.1 Å². The predicted octanol–water partition coefficient (Wildman–Crippen LogP) is -8.13. The summed E-state index contributed by atoms with van der Waals surface area (Å²) in [7, 11) is -2.85. The molecule has 0 aliphatic rings. The van der Waals surface area contributed by atoms with E-state index < -0.39 is 22.3 Å². The van der Waals surface area contributed by atoms with Gasteiger partial charge in [0, 0.05) is 56.5 Å². The zero-order chi connectivity index (χ0) is 22.9. The van der Waals surface area contributed by atoms with Gasteiger partial charge < -0.3 is 29.1 Å². The third-order valence-corrected chi connectivity index (χ3v) is 5.80. The van der Waals surface area contributed by atoms with Crippen LogP contribution in [0.15, 0.2) is 41.3 Å². The Morgan fingerprint density at radius 3 is 1.94 bits per heavy atom. The SMILES string of the molecule is CCC([O-])COCCCCOCC([O-])CN(C)c1ccc(S(=O)(=O)[O-])c2ccccc12.[Li+].[Li+].[Li+]. The van der Waals surface area contributed by atoms with Gasteiger partial charge in [0.25, 0.3) is 0 Å². The molecule has 0 saturated heterocycles. The molecule has 174 valence electrons. The summed E-state index contributed by atoms with van der Waals surface area (Å²) in [6.07, 6.45) is 0.399. The Morgan fingerprint density at radius 2 is 1.41 bits per heavy atom. The van der Waals surface area contributed by atoms with E-state index in [-0.39, 0.29) is 81.2 Å². The largest absolute Gasteiger partial charge is 1.00 e. The average molecular weight is 473 g/mol. The van der Waals surface area contributed by atoms with Crippen LogP contribution in [0.5, 0.6) is 0 Å². The van der Waals surface area contributed by atoms with Gasteiger partial charge in [0.2, 0.25) is 0 Å². The molecule has 0 amide bonds. The van der Waals surface area contributed by atoms with Crippen molar-refractivity contribution in [1.29, 1.82) is 0 Å². The molecule has 0 aromatic heterocycles. The van der Waals surface area contributed by atoms with E-state index in [1.54, 1.807) is 42.3 Å². The standard InChI is InChI=1S/C22H31NO7S.3Li/c1-3-17(24)15-29-12-6-7-13-30-16-18(25)14-23(2)21-10-11-22(31(26,27)28)20-9-5-4-8-19(20)21;;;/h4-5,8-11,17-18H,3,6-7,12-16H2,1-2H3,(H,26,27,28);;;/q-2;3*+1/p-1. The zero-order valence-electron chi connectivity index (χ0n) is 21.0. The molecule has 34 heavy (non-hydrogen) atoms. The number of likely N-dealkylation sites (N-methyl/N-ethyl adjacent to an activating group) is 1. The minimum absolute atomic E-state index is 0. The van der Waals surface area contributed by atoms with Gasteiger partial charge in [-0.1, -0.05) is 43.7 Å². The minimum atomic E-state index is -4.60. The molecule has 8 nitrogen and oxygen atoms in total. The molecular weight excluding hydrogens is 443 g/mol. The Kier molecular flexibility index (Phi) is 19.5. The van der Waals surface area contributed by atoms with E-state index in [0.717, 1.165) is 12.8 Å². The van der Waals surface area contributed by atoms with Crippen molar-refractivity contribution in [2.45, 2.75) is 43.3 Å². The monoisotopic (exact) mass is 473 g/mol. The number of anilines is 1. The number of rotatable bonds is 14. The molecule has 0 N–H and O–H groups in total. The summed E-state index contributed by atoms with van der Waals surface area (Å²) < 4.78 is 45.3. The van der Waals surface area contributed by atoms with Crippen molar-refractivity contribution in [2.75, 3.05) is 44.9 Å². The molecular formula is C22H30Li3NO7S. The topological polar surface area (TPSA) is 125 Å². The van der Waals surface area contributed by atoms with Crippen molar-refractivity contribution >= 4 is 26.6 Å². The van der Waals surface area contributed by atoms with Gasteiger partial charge in [-0.15, -0.1) is 6.10 Å². The first-order valence-electron chi connectivity index (χ1n) is 10.4. The summed E-state index contributed by atoms with van der Waals surface area (Å²) in [6.45, 7) is 3.23. The Bertz CT molecular complexity index is 934. The van der Waals surface area contributed by atoms with Gasteiger partial charge in [0.1, 0.15) is 10.1 Å². The second kappa shape index (κ2) is 18.3. The first kappa shape index (κ1) is 36.2. The Morgan fingerprint density at radius 1 is 0.882 bits per heavy atom. The quantitative estimate of drug-likeness (QED) is 0.151. The maximum Gasteiger partial charge on any atom is 1.00 e. The maximum atomic E-state index is 12.3. The number of benzene rings is 2. The van der Waals surface area contributed by atoms with Gasteiger partial charge in [0.05, 0.1) is 4.90 Å². The van der Waals surface area contributed by atoms with Crippen molar-refractivity contribution in [3.05, 3.63) is 36.4 Å². The number of nitrogens with zero attached hydrogens (tertiary/aromatic N) is 1. The van der Waals surface area contributed by atoms with Crippen molar-refractivity contribution < 1.29 is 89.2 Å². The first-order chi connectivity index (χ1) is 14.7. The third kappa shape index (κ3) is 11.9. The fourth-order valence-electron chi connectivity index (χ4n) is 3.22. The summed E-state index contributed by atoms with van der Waals surface area (Å²) in [6, 6.07) is 9.55. The van der Waals surface area contributed by atoms with E-state index in [9.17, 15) is 23.2 Å². The van der Waals surface area contributed by atoms with E-state index in [1.807, 2.05) is 6.92 Å². The summed E-state index contributed by atoms with van der Waals surface area (Å²) in [4.78, 5) is 1.47. The summed E-state index contributed by atoms with van der Waals surface area (Å²) in [5, 5.41) is 24.5. The second-order valence-electron chi connectivity index (χ2n) is 7.47. The van der Waals surface area contributed by atoms with Crippen LogP contribution in [-0.4, -0.2) is 65.2 Å². The van der Waals surface area contributed by atoms with Crippen LogP contribution in [0.3, 0.4) is 0 Å². The smallest absolute Gasteiger partial charge is 0.850 e. The number of hydrogen-bond acceptors (Lipinski definition) is 8. The molecule has 0 aliphatic carbocycles. The number of ether oxygens (including phenoxy) is 2. The molecule has 2 unspecified atom stereocenters. The molecule has 0 saturated carbocycles. The van der Waals surface area contributed by atoms with E-state index >= 15 is 0 Å². The number of hydrogen-bond donors (Lipinski definition) is 0. The van der Waals surface area contributed by atoms with Gasteiger partial charge in [-0.05, 0) is 25.0 Å². The molecule has 0 aliphatic heterocycles. The van der Waals surface area contributed by atoms with E-state index in [4.69, 9.17) is 9.47 Å². The van der Waals surface area contributed by atoms with Crippen molar-refractivity contribution in [1.82, 2.24) is 0 Å². The molecule has 2 aromatic carbocycles. The summed E-state index contributed by atoms with van der Waals surface area (Å²) in [5.41, 5.74) is 0.671. The third-order valence-electron chi connectivity index (χ3n) is 4.91. The van der Waals surface area contributed by atoms with Crippen molar-refractivity contribution in [3.8, 4) is 0 Å². The van der Waals surface area contributed by atoms with Crippen LogP contribution in [-0.2, 0) is 19.6 Å². The van der Waals surface area contributed by atoms with Crippen LogP contribution in [0.2, 0.25) is 0 Å². The predicted molar refractivity (Wildman–Crippen MR) is 114 cm³/mol. The molecule has 0 bridgehead atoms. The number of fused-ring (bicyclic) bond motifs is 1. The molecule has 2 atom stereocenters. The van der Waals surface area contributed by atoms with Crippen molar-refractivity contribution in [2.24, 2.45) is 0 Å². The summed E-state index contributed by atoms with van der Waals surface area (Å²) >= 11 is 0. The fourth-order valence-corrected chi connectivity index (χ4v) is 3.90. The summed E-state index contributed by atoms with van der Waals surface area (Å²) in [5.74, 6) is 0. The Balaban J connectivity index is 0. The van der Waals surface area contributed by atoms with E-state index in [2.05, 4.69) is 0 Å². The van der Waals surface area contributed by atoms with Gasteiger partial charge in [-0.2, -0.15) is 0 Å².